The molecule has 21 heavy (non-hydrogen) atoms. The van der Waals surface area contributed by atoms with Gasteiger partial charge in [0.05, 0.1) is 5.75 Å². The molecule has 110 valence electrons. The SMILES string of the molecule is O=C(CSc1nnc(-c2cccc(Br)c2)o1)N1CCCC1. The van der Waals surface area contributed by atoms with Gasteiger partial charge in [0.25, 0.3) is 5.22 Å². The summed E-state index contributed by atoms with van der Waals surface area (Å²) in [4.78, 5) is 13.8. The first-order chi connectivity index (χ1) is 10.2. The highest BCUT2D eigenvalue weighted by Crippen LogP contribution is 2.25. The number of halogens is 1. The van der Waals surface area contributed by atoms with E-state index in [0.717, 1.165) is 36.0 Å². The number of carbonyl (C=O) groups excluding carboxylic acids is 1. The molecule has 5 nitrogen and oxygen atoms in total. The van der Waals surface area contributed by atoms with Gasteiger partial charge in [-0.05, 0) is 31.0 Å². The lowest BCUT2D eigenvalue weighted by molar-refractivity contribution is -0.127. The van der Waals surface area contributed by atoms with Crippen LogP contribution in [0.1, 0.15) is 12.8 Å². The summed E-state index contributed by atoms with van der Waals surface area (Å²) < 4.78 is 6.54. The average molecular weight is 368 g/mol. The average Bonchev–Trinajstić information content (AvgIpc) is 3.16. The Morgan fingerprint density at radius 3 is 2.90 bits per heavy atom. The number of rotatable bonds is 4. The normalized spacial score (nSPS) is 14.6. The van der Waals surface area contributed by atoms with E-state index in [1.54, 1.807) is 0 Å². The van der Waals surface area contributed by atoms with Crippen LogP contribution in [0.2, 0.25) is 0 Å². The van der Waals surface area contributed by atoms with Gasteiger partial charge >= 0.3 is 0 Å². The van der Waals surface area contributed by atoms with Crippen molar-refractivity contribution in [1.29, 1.82) is 0 Å². The maximum Gasteiger partial charge on any atom is 0.277 e. The van der Waals surface area contributed by atoms with Crippen molar-refractivity contribution in [3.63, 3.8) is 0 Å². The van der Waals surface area contributed by atoms with Gasteiger partial charge < -0.3 is 9.32 Å². The van der Waals surface area contributed by atoms with Crippen LogP contribution in [-0.4, -0.2) is 39.8 Å². The number of likely N-dealkylation sites (tertiary alicyclic amines) is 1. The monoisotopic (exact) mass is 367 g/mol. The largest absolute Gasteiger partial charge is 0.411 e. The van der Waals surface area contributed by atoms with Crippen LogP contribution in [0, 0.1) is 0 Å². The zero-order valence-electron chi connectivity index (χ0n) is 11.3. The molecular weight excluding hydrogens is 354 g/mol. The topological polar surface area (TPSA) is 59.2 Å². The van der Waals surface area contributed by atoms with E-state index in [1.807, 2.05) is 29.2 Å². The van der Waals surface area contributed by atoms with Crippen molar-refractivity contribution in [2.24, 2.45) is 0 Å². The molecule has 0 saturated carbocycles. The predicted octanol–water partition coefficient (Wildman–Crippen LogP) is 3.21. The van der Waals surface area contributed by atoms with Crippen molar-refractivity contribution in [3.8, 4) is 11.5 Å². The van der Waals surface area contributed by atoms with Crippen molar-refractivity contribution in [3.05, 3.63) is 28.7 Å². The van der Waals surface area contributed by atoms with Gasteiger partial charge in [-0.3, -0.25) is 4.79 Å². The first-order valence-corrected chi connectivity index (χ1v) is 8.50. The van der Waals surface area contributed by atoms with Crippen LogP contribution < -0.4 is 0 Å². The summed E-state index contributed by atoms with van der Waals surface area (Å²) >= 11 is 4.70. The summed E-state index contributed by atoms with van der Waals surface area (Å²) in [6, 6.07) is 7.66. The van der Waals surface area contributed by atoms with Crippen molar-refractivity contribution in [1.82, 2.24) is 15.1 Å². The number of amides is 1. The number of hydrogen-bond acceptors (Lipinski definition) is 5. The summed E-state index contributed by atoms with van der Waals surface area (Å²) in [5.74, 6) is 0.951. The van der Waals surface area contributed by atoms with Gasteiger partial charge in [0.2, 0.25) is 11.8 Å². The second-order valence-corrected chi connectivity index (χ2v) is 6.60. The third-order valence-electron chi connectivity index (χ3n) is 3.26. The molecule has 1 aromatic carbocycles. The summed E-state index contributed by atoms with van der Waals surface area (Å²) in [5.41, 5.74) is 0.856. The number of thioether (sulfide) groups is 1. The zero-order valence-corrected chi connectivity index (χ0v) is 13.7. The van der Waals surface area contributed by atoms with Gasteiger partial charge in [0.15, 0.2) is 0 Å². The van der Waals surface area contributed by atoms with E-state index in [-0.39, 0.29) is 5.91 Å². The van der Waals surface area contributed by atoms with Crippen LogP contribution in [-0.2, 0) is 4.79 Å². The summed E-state index contributed by atoms with van der Waals surface area (Å²) in [6.45, 7) is 1.74. The van der Waals surface area contributed by atoms with Crippen molar-refractivity contribution in [2.45, 2.75) is 18.1 Å². The van der Waals surface area contributed by atoms with Crippen molar-refractivity contribution < 1.29 is 9.21 Å². The Balaban J connectivity index is 1.61. The maximum atomic E-state index is 11.9. The van der Waals surface area contributed by atoms with Gasteiger partial charge in [0.1, 0.15) is 0 Å². The Kier molecular flexibility index (Phi) is 4.60. The van der Waals surface area contributed by atoms with E-state index in [0.29, 0.717) is 16.9 Å². The number of aromatic nitrogens is 2. The van der Waals surface area contributed by atoms with Crippen LogP contribution in [0.4, 0.5) is 0 Å². The molecule has 1 aromatic heterocycles. The summed E-state index contributed by atoms with van der Waals surface area (Å²) in [7, 11) is 0. The van der Waals surface area contributed by atoms with E-state index >= 15 is 0 Å². The van der Waals surface area contributed by atoms with E-state index < -0.39 is 0 Å². The molecule has 7 heteroatoms. The molecule has 1 amide bonds. The highest BCUT2D eigenvalue weighted by Gasteiger charge is 2.19. The Morgan fingerprint density at radius 1 is 1.33 bits per heavy atom. The standard InChI is InChI=1S/C14H14BrN3O2S/c15-11-5-3-4-10(8-11)13-16-17-14(20-13)21-9-12(19)18-6-1-2-7-18/h3-5,8H,1-2,6-7,9H2. The Morgan fingerprint density at radius 2 is 2.14 bits per heavy atom. The first-order valence-electron chi connectivity index (χ1n) is 6.72. The summed E-state index contributed by atoms with van der Waals surface area (Å²) in [6.07, 6.45) is 2.20. The zero-order chi connectivity index (χ0) is 14.7. The number of hydrogen-bond donors (Lipinski definition) is 0. The number of carbonyl (C=O) groups is 1. The van der Waals surface area contributed by atoms with Crippen LogP contribution in [0.5, 0.6) is 0 Å². The molecule has 0 bridgehead atoms. The lowest BCUT2D eigenvalue weighted by Crippen LogP contribution is -2.29. The molecule has 2 aromatic rings. The van der Waals surface area contributed by atoms with E-state index in [4.69, 9.17) is 4.42 Å². The molecule has 1 aliphatic rings. The first kappa shape index (κ1) is 14.6. The molecule has 0 radical (unpaired) electrons. The minimum absolute atomic E-state index is 0.139. The molecular formula is C14H14BrN3O2S. The molecule has 1 aliphatic heterocycles. The molecule has 0 unspecified atom stereocenters. The van der Waals surface area contributed by atoms with E-state index in [2.05, 4.69) is 26.1 Å². The molecule has 0 N–H and O–H groups in total. The quantitative estimate of drug-likeness (QED) is 0.776. The molecule has 3 rings (SSSR count). The van der Waals surface area contributed by atoms with Gasteiger partial charge in [0, 0.05) is 23.1 Å². The van der Waals surface area contributed by atoms with Crippen molar-refractivity contribution in [2.75, 3.05) is 18.8 Å². The van der Waals surface area contributed by atoms with Crippen molar-refractivity contribution >= 4 is 33.6 Å². The molecule has 1 saturated heterocycles. The molecule has 0 atom stereocenters. The predicted molar refractivity (Wildman–Crippen MR) is 84.0 cm³/mol. The van der Waals surface area contributed by atoms with E-state index in [9.17, 15) is 4.79 Å². The van der Waals surface area contributed by atoms with Crippen LogP contribution in [0.3, 0.4) is 0 Å². The Bertz CT molecular complexity index is 641. The highest BCUT2D eigenvalue weighted by molar-refractivity contribution is 9.10. The van der Waals surface area contributed by atoms with Gasteiger partial charge in [-0.15, -0.1) is 10.2 Å². The van der Waals surface area contributed by atoms with Crippen LogP contribution in [0.15, 0.2) is 38.4 Å². The van der Waals surface area contributed by atoms with Gasteiger partial charge in [-0.2, -0.15) is 0 Å². The molecule has 1 fully saturated rings. The lowest BCUT2D eigenvalue weighted by atomic mass is 10.2. The lowest BCUT2D eigenvalue weighted by Gasteiger charge is -2.13. The third-order valence-corrected chi connectivity index (χ3v) is 4.55. The second-order valence-electron chi connectivity index (χ2n) is 4.76. The summed E-state index contributed by atoms with van der Waals surface area (Å²) in [5, 5.41) is 8.43. The maximum absolute atomic E-state index is 11.9. The van der Waals surface area contributed by atoms with Gasteiger partial charge in [-0.1, -0.05) is 33.8 Å². The minimum atomic E-state index is 0.139. The number of benzene rings is 1. The molecule has 0 spiro atoms. The molecule has 0 aliphatic carbocycles. The van der Waals surface area contributed by atoms with Crippen LogP contribution in [0.25, 0.3) is 11.5 Å². The van der Waals surface area contributed by atoms with Crippen LogP contribution >= 0.6 is 27.7 Å². The number of nitrogens with zero attached hydrogens (tertiary/aromatic N) is 3. The highest BCUT2D eigenvalue weighted by atomic mass is 79.9. The van der Waals surface area contributed by atoms with E-state index in [1.165, 1.54) is 11.8 Å². The fraction of sp³-hybridized carbons (Fsp3) is 0.357. The smallest absolute Gasteiger partial charge is 0.277 e. The fourth-order valence-corrected chi connectivity index (χ4v) is 3.25. The Hall–Kier alpha value is -1.34. The minimum Gasteiger partial charge on any atom is -0.411 e. The van der Waals surface area contributed by atoms with Gasteiger partial charge in [-0.25, -0.2) is 0 Å². The Labute approximate surface area is 135 Å². The second kappa shape index (κ2) is 6.62. The fourth-order valence-electron chi connectivity index (χ4n) is 2.19. The third kappa shape index (κ3) is 3.65. The molecule has 2 heterocycles.